The minimum atomic E-state index is -0.806. The van der Waals surface area contributed by atoms with Gasteiger partial charge in [-0.2, -0.15) is 0 Å². The lowest BCUT2D eigenvalue weighted by Crippen LogP contribution is -2.22. The van der Waals surface area contributed by atoms with Gasteiger partial charge in [0.1, 0.15) is 11.5 Å². The molecule has 0 aromatic heterocycles. The molecular weight excluding hydrogens is 452 g/mol. The summed E-state index contributed by atoms with van der Waals surface area (Å²) in [6.07, 6.45) is -0.806. The number of hydrogen-bond donors (Lipinski definition) is 2. The Morgan fingerprint density at radius 2 is 1.49 bits per heavy atom. The van der Waals surface area contributed by atoms with Crippen molar-refractivity contribution < 1.29 is 33.4 Å². The molecule has 3 aromatic rings. The summed E-state index contributed by atoms with van der Waals surface area (Å²) in [7, 11) is 0. The second-order valence-corrected chi connectivity index (χ2v) is 7.26. The standard InChI is InChI=1S/C26H24N2O7/c1-3-33-26(32)35-22-13-9-19(10-14-22)24(30)27-16-18-7-11-21(12-8-18)28-25(31)20-5-4-6-23(15-20)34-17(2)29/h4-15H,3,16H2,1-2H3,(H,27,30)(H,28,31). The molecule has 0 aliphatic carbocycles. The Morgan fingerprint density at radius 3 is 2.14 bits per heavy atom. The molecule has 3 aromatic carbocycles. The molecule has 0 unspecified atom stereocenters. The van der Waals surface area contributed by atoms with Crippen LogP contribution in [0.4, 0.5) is 10.5 Å². The highest BCUT2D eigenvalue weighted by atomic mass is 16.7. The van der Waals surface area contributed by atoms with Crippen LogP contribution in [-0.2, 0) is 16.1 Å². The number of nitrogens with one attached hydrogen (secondary N) is 2. The van der Waals surface area contributed by atoms with Gasteiger partial charge in [0.05, 0.1) is 6.61 Å². The number of esters is 1. The first-order valence-electron chi connectivity index (χ1n) is 10.8. The van der Waals surface area contributed by atoms with Crippen LogP contribution in [0.5, 0.6) is 11.5 Å². The first-order chi connectivity index (χ1) is 16.8. The molecule has 2 amide bonds. The van der Waals surface area contributed by atoms with Crippen LogP contribution in [-0.4, -0.2) is 30.5 Å². The van der Waals surface area contributed by atoms with Crippen LogP contribution in [0.1, 0.15) is 40.1 Å². The molecule has 0 saturated carbocycles. The predicted octanol–water partition coefficient (Wildman–Crippen LogP) is 4.33. The molecule has 0 spiro atoms. The summed E-state index contributed by atoms with van der Waals surface area (Å²) in [5.74, 6) is -0.549. The van der Waals surface area contributed by atoms with Gasteiger partial charge in [-0.3, -0.25) is 14.4 Å². The van der Waals surface area contributed by atoms with E-state index in [0.717, 1.165) is 5.56 Å². The third-order valence-corrected chi connectivity index (χ3v) is 4.60. The number of carbonyl (C=O) groups is 4. The van der Waals surface area contributed by atoms with Crippen molar-refractivity contribution in [2.75, 3.05) is 11.9 Å². The second kappa shape index (κ2) is 12.0. The summed E-state index contributed by atoms with van der Waals surface area (Å²) in [5.41, 5.74) is 2.15. The number of carbonyl (C=O) groups excluding carboxylic acids is 4. The van der Waals surface area contributed by atoms with Gasteiger partial charge in [-0.1, -0.05) is 18.2 Å². The highest BCUT2D eigenvalue weighted by Gasteiger charge is 2.10. The average Bonchev–Trinajstić information content (AvgIpc) is 2.84. The summed E-state index contributed by atoms with van der Waals surface area (Å²) in [6, 6.07) is 19.4. The molecule has 0 aliphatic heterocycles. The van der Waals surface area contributed by atoms with Crippen LogP contribution in [0.3, 0.4) is 0 Å². The van der Waals surface area contributed by atoms with Gasteiger partial charge < -0.3 is 24.8 Å². The highest BCUT2D eigenvalue weighted by molar-refractivity contribution is 6.04. The Hall–Kier alpha value is -4.66. The summed E-state index contributed by atoms with van der Waals surface area (Å²) < 4.78 is 14.7. The van der Waals surface area contributed by atoms with Crippen molar-refractivity contribution >= 4 is 29.6 Å². The van der Waals surface area contributed by atoms with Crippen molar-refractivity contribution in [2.45, 2.75) is 20.4 Å². The van der Waals surface area contributed by atoms with E-state index in [-0.39, 0.29) is 36.5 Å². The fraction of sp³-hybridized carbons (Fsp3) is 0.154. The van der Waals surface area contributed by atoms with Gasteiger partial charge in [-0.25, -0.2) is 4.79 Å². The zero-order valence-electron chi connectivity index (χ0n) is 19.2. The topological polar surface area (TPSA) is 120 Å². The van der Waals surface area contributed by atoms with Gasteiger partial charge in [0, 0.05) is 30.3 Å². The van der Waals surface area contributed by atoms with E-state index in [1.165, 1.54) is 25.1 Å². The maximum absolute atomic E-state index is 12.5. The smallest absolute Gasteiger partial charge is 0.434 e. The summed E-state index contributed by atoms with van der Waals surface area (Å²) >= 11 is 0. The molecule has 0 heterocycles. The lowest BCUT2D eigenvalue weighted by atomic mass is 10.1. The van der Waals surface area contributed by atoms with Crippen LogP contribution in [0, 0.1) is 0 Å². The van der Waals surface area contributed by atoms with E-state index in [0.29, 0.717) is 16.8 Å². The monoisotopic (exact) mass is 476 g/mol. The Morgan fingerprint density at radius 1 is 0.771 bits per heavy atom. The van der Waals surface area contributed by atoms with Crippen LogP contribution in [0.15, 0.2) is 72.8 Å². The molecule has 180 valence electrons. The van der Waals surface area contributed by atoms with Crippen LogP contribution >= 0.6 is 0 Å². The SMILES string of the molecule is CCOC(=O)Oc1ccc(C(=O)NCc2ccc(NC(=O)c3cccc(OC(C)=O)c3)cc2)cc1. The lowest BCUT2D eigenvalue weighted by Gasteiger charge is -2.09. The number of hydrogen-bond acceptors (Lipinski definition) is 7. The van der Waals surface area contributed by atoms with Crippen LogP contribution in [0.25, 0.3) is 0 Å². The number of rotatable bonds is 8. The van der Waals surface area contributed by atoms with E-state index in [1.54, 1.807) is 61.5 Å². The molecule has 0 radical (unpaired) electrons. The van der Waals surface area contributed by atoms with Gasteiger partial charge in [-0.05, 0) is 67.1 Å². The van der Waals surface area contributed by atoms with Crippen molar-refractivity contribution in [2.24, 2.45) is 0 Å². The summed E-state index contributed by atoms with van der Waals surface area (Å²) in [6.45, 7) is 3.44. The highest BCUT2D eigenvalue weighted by Crippen LogP contribution is 2.17. The second-order valence-electron chi connectivity index (χ2n) is 7.26. The third-order valence-electron chi connectivity index (χ3n) is 4.60. The van der Waals surface area contributed by atoms with E-state index in [9.17, 15) is 19.2 Å². The quantitative estimate of drug-likeness (QED) is 0.282. The Bertz CT molecular complexity index is 1210. The van der Waals surface area contributed by atoms with E-state index < -0.39 is 12.1 Å². The average molecular weight is 476 g/mol. The third kappa shape index (κ3) is 7.71. The summed E-state index contributed by atoms with van der Waals surface area (Å²) in [5, 5.41) is 5.58. The van der Waals surface area contributed by atoms with Crippen LogP contribution in [0.2, 0.25) is 0 Å². The largest absolute Gasteiger partial charge is 0.513 e. The fourth-order valence-electron chi connectivity index (χ4n) is 2.98. The predicted molar refractivity (Wildman–Crippen MR) is 127 cm³/mol. The molecule has 0 saturated heterocycles. The van der Waals surface area contributed by atoms with Gasteiger partial charge >= 0.3 is 12.1 Å². The Kier molecular flexibility index (Phi) is 8.55. The zero-order chi connectivity index (χ0) is 25.2. The first-order valence-corrected chi connectivity index (χ1v) is 10.8. The van der Waals surface area contributed by atoms with Crippen LogP contribution < -0.4 is 20.1 Å². The van der Waals surface area contributed by atoms with E-state index in [2.05, 4.69) is 10.6 Å². The van der Waals surface area contributed by atoms with Crippen molar-refractivity contribution in [3.05, 3.63) is 89.5 Å². The molecule has 9 heteroatoms. The van der Waals surface area contributed by atoms with Gasteiger partial charge in [-0.15, -0.1) is 0 Å². The zero-order valence-corrected chi connectivity index (χ0v) is 19.2. The maximum Gasteiger partial charge on any atom is 0.513 e. The van der Waals surface area contributed by atoms with E-state index >= 15 is 0 Å². The molecule has 2 N–H and O–H groups in total. The van der Waals surface area contributed by atoms with Crippen molar-refractivity contribution in [3.8, 4) is 11.5 Å². The number of ether oxygens (including phenoxy) is 3. The van der Waals surface area contributed by atoms with Gasteiger partial charge in [0.2, 0.25) is 0 Å². The normalized spacial score (nSPS) is 10.1. The molecule has 0 atom stereocenters. The van der Waals surface area contributed by atoms with E-state index in [4.69, 9.17) is 14.2 Å². The number of amides is 2. The van der Waals surface area contributed by atoms with Crippen molar-refractivity contribution in [1.82, 2.24) is 5.32 Å². The minimum Gasteiger partial charge on any atom is -0.434 e. The van der Waals surface area contributed by atoms with Crippen molar-refractivity contribution in [3.63, 3.8) is 0 Å². The molecular formula is C26H24N2O7. The molecule has 0 fully saturated rings. The summed E-state index contributed by atoms with van der Waals surface area (Å²) in [4.78, 5) is 47.3. The fourth-order valence-corrected chi connectivity index (χ4v) is 2.98. The number of benzene rings is 3. The first kappa shape index (κ1) is 25.0. The van der Waals surface area contributed by atoms with Gasteiger partial charge in [0.25, 0.3) is 11.8 Å². The minimum absolute atomic E-state index is 0.207. The lowest BCUT2D eigenvalue weighted by molar-refractivity contribution is -0.131. The molecule has 35 heavy (non-hydrogen) atoms. The Labute approximate surface area is 202 Å². The van der Waals surface area contributed by atoms with E-state index in [1.807, 2.05) is 0 Å². The Balaban J connectivity index is 1.51. The molecule has 9 nitrogen and oxygen atoms in total. The molecule has 0 aliphatic rings. The molecule has 3 rings (SSSR count). The maximum atomic E-state index is 12.5. The number of anilines is 1. The molecule has 0 bridgehead atoms. The van der Waals surface area contributed by atoms with Crippen molar-refractivity contribution in [1.29, 1.82) is 0 Å². The van der Waals surface area contributed by atoms with Gasteiger partial charge in [0.15, 0.2) is 0 Å².